The Morgan fingerprint density at radius 1 is 0.929 bits per heavy atom. The lowest BCUT2D eigenvalue weighted by Crippen LogP contribution is -1.87. The van der Waals surface area contributed by atoms with Crippen LogP contribution in [-0.4, -0.2) is 20.2 Å². The Morgan fingerprint density at radius 3 is 2.21 bits per heavy atom. The molecule has 0 aliphatic carbocycles. The number of phenolic OH excluding ortho intramolecular Hbond substituents is 1. The summed E-state index contributed by atoms with van der Waals surface area (Å²) < 4.78 is 0. The lowest BCUT2D eigenvalue weighted by Gasteiger charge is -2.01. The maximum Gasteiger partial charge on any atom is 0.163 e. The molecule has 70 valence electrons. The zero-order valence-corrected chi connectivity index (χ0v) is 7.25. The zero-order valence-electron chi connectivity index (χ0n) is 7.25. The van der Waals surface area contributed by atoms with E-state index in [2.05, 4.69) is 9.97 Å². The minimum Gasteiger partial charge on any atom is -0.507 e. The third-order valence-corrected chi connectivity index (χ3v) is 1.78. The highest BCUT2D eigenvalue weighted by Gasteiger charge is 2.05. The van der Waals surface area contributed by atoms with Crippen LogP contribution in [0.4, 0.5) is 0 Å². The maximum absolute atomic E-state index is 9.49. The fourth-order valence-corrected chi connectivity index (χ4v) is 1.12. The number of para-hydroxylation sites is 1. The van der Waals surface area contributed by atoms with Crippen molar-refractivity contribution in [3.8, 4) is 22.9 Å². The van der Waals surface area contributed by atoms with E-state index in [1.165, 1.54) is 12.4 Å². The number of hydrogen-bond acceptors (Lipinski definition) is 4. The van der Waals surface area contributed by atoms with Gasteiger partial charge in [0.05, 0.1) is 18.0 Å². The second kappa shape index (κ2) is 3.33. The van der Waals surface area contributed by atoms with E-state index in [-0.39, 0.29) is 11.5 Å². The maximum atomic E-state index is 9.49. The average Bonchev–Trinajstić information content (AvgIpc) is 2.20. The van der Waals surface area contributed by atoms with E-state index in [0.29, 0.717) is 11.4 Å². The van der Waals surface area contributed by atoms with Crippen LogP contribution in [0.3, 0.4) is 0 Å². The van der Waals surface area contributed by atoms with Gasteiger partial charge in [0.25, 0.3) is 0 Å². The van der Waals surface area contributed by atoms with Crippen LogP contribution in [0.2, 0.25) is 0 Å². The summed E-state index contributed by atoms with van der Waals surface area (Å²) in [5.41, 5.74) is 0.549. The third kappa shape index (κ3) is 1.50. The molecule has 0 unspecified atom stereocenters. The van der Waals surface area contributed by atoms with Crippen LogP contribution in [0.5, 0.6) is 11.5 Å². The van der Waals surface area contributed by atoms with Gasteiger partial charge in [0.15, 0.2) is 11.6 Å². The normalized spacial score (nSPS) is 10.0. The van der Waals surface area contributed by atoms with Gasteiger partial charge in [0.1, 0.15) is 5.75 Å². The fourth-order valence-electron chi connectivity index (χ4n) is 1.12. The topological polar surface area (TPSA) is 66.2 Å². The molecule has 0 radical (unpaired) electrons. The molecule has 0 aliphatic heterocycles. The molecule has 0 amide bonds. The highest BCUT2D eigenvalue weighted by atomic mass is 16.3. The summed E-state index contributed by atoms with van der Waals surface area (Å²) in [5, 5.41) is 18.5. The zero-order chi connectivity index (χ0) is 9.97. The molecule has 2 N–H and O–H groups in total. The Hall–Kier alpha value is -2.10. The van der Waals surface area contributed by atoms with Crippen LogP contribution in [-0.2, 0) is 0 Å². The number of benzene rings is 1. The number of rotatable bonds is 1. The predicted molar refractivity (Wildman–Crippen MR) is 50.8 cm³/mol. The van der Waals surface area contributed by atoms with Crippen molar-refractivity contribution in [2.45, 2.75) is 0 Å². The number of aromatic hydroxyl groups is 2. The molecule has 4 heteroatoms. The van der Waals surface area contributed by atoms with Gasteiger partial charge in [-0.1, -0.05) is 12.1 Å². The Bertz CT molecular complexity index is 440. The molecule has 0 atom stereocenters. The van der Waals surface area contributed by atoms with Gasteiger partial charge in [-0.2, -0.15) is 0 Å². The van der Waals surface area contributed by atoms with Gasteiger partial charge in [-0.15, -0.1) is 0 Å². The minimum absolute atomic E-state index is 0.00386. The summed E-state index contributed by atoms with van der Waals surface area (Å²) in [5.74, 6) is 0.517. The van der Waals surface area contributed by atoms with E-state index in [1.807, 2.05) is 0 Å². The van der Waals surface area contributed by atoms with Gasteiger partial charge in [0.2, 0.25) is 0 Å². The average molecular weight is 188 g/mol. The molecule has 1 aromatic heterocycles. The molecule has 1 aromatic carbocycles. The summed E-state index contributed by atoms with van der Waals surface area (Å²) in [4.78, 5) is 7.78. The van der Waals surface area contributed by atoms with Crippen molar-refractivity contribution >= 4 is 0 Å². The molecule has 0 spiro atoms. The monoisotopic (exact) mass is 188 g/mol. The second-order valence-electron chi connectivity index (χ2n) is 2.78. The van der Waals surface area contributed by atoms with Crippen LogP contribution in [0, 0.1) is 0 Å². The van der Waals surface area contributed by atoms with Crippen LogP contribution in [0.15, 0.2) is 36.7 Å². The van der Waals surface area contributed by atoms with Gasteiger partial charge in [0, 0.05) is 0 Å². The van der Waals surface area contributed by atoms with E-state index >= 15 is 0 Å². The van der Waals surface area contributed by atoms with Crippen molar-refractivity contribution in [1.29, 1.82) is 0 Å². The molecule has 0 bridgehead atoms. The van der Waals surface area contributed by atoms with Gasteiger partial charge < -0.3 is 10.2 Å². The molecule has 14 heavy (non-hydrogen) atoms. The van der Waals surface area contributed by atoms with Crippen LogP contribution >= 0.6 is 0 Å². The van der Waals surface area contributed by atoms with Gasteiger partial charge >= 0.3 is 0 Å². The number of phenols is 1. The van der Waals surface area contributed by atoms with Crippen LogP contribution in [0.1, 0.15) is 0 Å². The van der Waals surface area contributed by atoms with E-state index in [0.717, 1.165) is 0 Å². The SMILES string of the molecule is Oc1cnc(-c2ccccc2O)nc1. The van der Waals surface area contributed by atoms with Crippen molar-refractivity contribution < 1.29 is 10.2 Å². The quantitative estimate of drug-likeness (QED) is 0.712. The van der Waals surface area contributed by atoms with Crippen molar-refractivity contribution in [3.05, 3.63) is 36.7 Å². The first kappa shape index (κ1) is 8.50. The molecule has 1 heterocycles. The highest BCUT2D eigenvalue weighted by molar-refractivity contribution is 5.63. The number of nitrogens with zero attached hydrogens (tertiary/aromatic N) is 2. The first-order chi connectivity index (χ1) is 6.77. The van der Waals surface area contributed by atoms with E-state index in [1.54, 1.807) is 24.3 Å². The van der Waals surface area contributed by atoms with E-state index < -0.39 is 0 Å². The third-order valence-electron chi connectivity index (χ3n) is 1.78. The molecular formula is C10H8N2O2. The van der Waals surface area contributed by atoms with E-state index in [9.17, 15) is 5.11 Å². The summed E-state index contributed by atoms with van der Waals surface area (Å²) in [6.07, 6.45) is 2.57. The Morgan fingerprint density at radius 2 is 1.57 bits per heavy atom. The number of hydrogen-bond donors (Lipinski definition) is 2. The first-order valence-corrected chi connectivity index (χ1v) is 4.07. The molecule has 0 saturated heterocycles. The minimum atomic E-state index is 0.00386. The van der Waals surface area contributed by atoms with Crippen LogP contribution in [0.25, 0.3) is 11.4 Å². The summed E-state index contributed by atoms with van der Waals surface area (Å²) in [7, 11) is 0. The predicted octanol–water partition coefficient (Wildman–Crippen LogP) is 1.55. The van der Waals surface area contributed by atoms with Crippen molar-refractivity contribution in [1.82, 2.24) is 9.97 Å². The van der Waals surface area contributed by atoms with Crippen molar-refractivity contribution in [2.24, 2.45) is 0 Å². The summed E-state index contributed by atoms with van der Waals surface area (Å²) in [6, 6.07) is 6.78. The standard InChI is InChI=1S/C10H8N2O2/c13-7-5-11-10(12-6-7)8-3-1-2-4-9(8)14/h1-6,13-14H. The molecule has 2 rings (SSSR count). The molecule has 0 aliphatic rings. The van der Waals surface area contributed by atoms with Crippen LogP contribution < -0.4 is 0 Å². The summed E-state index contributed by atoms with van der Waals surface area (Å²) in [6.45, 7) is 0. The fraction of sp³-hybridized carbons (Fsp3) is 0. The molecular weight excluding hydrogens is 180 g/mol. The molecule has 2 aromatic rings. The molecule has 0 fully saturated rings. The molecule has 4 nitrogen and oxygen atoms in total. The lowest BCUT2D eigenvalue weighted by molar-refractivity contribution is 0.468. The lowest BCUT2D eigenvalue weighted by atomic mass is 10.2. The second-order valence-corrected chi connectivity index (χ2v) is 2.78. The van der Waals surface area contributed by atoms with Gasteiger partial charge in [-0.3, -0.25) is 0 Å². The van der Waals surface area contributed by atoms with Crippen molar-refractivity contribution in [2.75, 3.05) is 0 Å². The Labute approximate surface area is 80.5 Å². The van der Waals surface area contributed by atoms with Gasteiger partial charge in [-0.25, -0.2) is 9.97 Å². The Kier molecular flexibility index (Phi) is 2.02. The van der Waals surface area contributed by atoms with Gasteiger partial charge in [-0.05, 0) is 12.1 Å². The smallest absolute Gasteiger partial charge is 0.163 e. The van der Waals surface area contributed by atoms with E-state index in [4.69, 9.17) is 5.11 Å². The number of aromatic nitrogens is 2. The first-order valence-electron chi connectivity index (χ1n) is 4.07. The Balaban J connectivity index is 2.50. The highest BCUT2D eigenvalue weighted by Crippen LogP contribution is 2.25. The molecule has 0 saturated carbocycles. The largest absolute Gasteiger partial charge is 0.507 e. The van der Waals surface area contributed by atoms with Crippen molar-refractivity contribution in [3.63, 3.8) is 0 Å². The summed E-state index contributed by atoms with van der Waals surface area (Å²) >= 11 is 0.